The Morgan fingerprint density at radius 1 is 0.208 bits per heavy atom. The number of aryl methyl sites for hydroxylation is 1. The fourth-order valence-electron chi connectivity index (χ4n) is 15.0. The van der Waals surface area contributed by atoms with Gasteiger partial charge in [0.25, 0.3) is 17.1 Å². The van der Waals surface area contributed by atoms with Crippen molar-refractivity contribution < 1.29 is 14.8 Å². The number of nitrogens with one attached hydrogen (secondary N) is 6. The number of nitro benzene ring substituents is 3. The third-order valence-corrected chi connectivity index (χ3v) is 21.0. The first-order valence-electron chi connectivity index (χ1n) is 35.3. The second-order valence-corrected chi connectivity index (χ2v) is 28.3. The first-order chi connectivity index (χ1) is 51.2. The van der Waals surface area contributed by atoms with Crippen molar-refractivity contribution in [3.8, 4) is 0 Å². The van der Waals surface area contributed by atoms with Crippen molar-refractivity contribution in [1.82, 2.24) is 29.9 Å². The summed E-state index contributed by atoms with van der Waals surface area (Å²) in [6, 6.07) is 116. The monoisotopic (exact) mass is 1400 g/mol. The van der Waals surface area contributed by atoms with Gasteiger partial charge in [-0.2, -0.15) is 0 Å². The van der Waals surface area contributed by atoms with E-state index in [9.17, 15) is 30.3 Å². The summed E-state index contributed by atoms with van der Waals surface area (Å²) in [5, 5.41) is 30.1. The average Bonchev–Trinajstić information content (AvgIpc) is 1.33. The first kappa shape index (κ1) is 71.3. The van der Waals surface area contributed by atoms with Crippen LogP contribution in [0.25, 0.3) is 0 Å². The lowest BCUT2D eigenvalue weighted by molar-refractivity contribution is -0.385. The van der Waals surface area contributed by atoms with Gasteiger partial charge in [0.2, 0.25) is 0 Å². The highest BCUT2D eigenvalue weighted by Gasteiger charge is 2.47. The van der Waals surface area contributed by atoms with Crippen LogP contribution in [0.2, 0.25) is 0 Å². The quantitative estimate of drug-likeness (QED) is 0.0609. The second kappa shape index (κ2) is 29.7. The molecule has 0 amide bonds. The summed E-state index contributed by atoms with van der Waals surface area (Å²) in [6.45, 7) is 15.8. The summed E-state index contributed by atoms with van der Waals surface area (Å²) in [4.78, 5) is 53.7. The number of para-hydroxylation sites is 2. The molecule has 16 rings (SSSR count). The van der Waals surface area contributed by atoms with Crippen LogP contribution in [0.1, 0.15) is 149 Å². The Morgan fingerprint density at radius 3 is 0.519 bits per heavy atom. The standard InChI is InChI=1S/C72H66N6.C7H7NO2.2C6H5NO2/c1-67(2)55-37-43-61(73-55)70(49-25-13-7-14-26-49,50-27-15-8-16-28-50)63-45-39-57(75-63)68(3,4)59-41-47-65(77-59)72(53-33-21-11-22-34-53,54-35-23-12-24-36-54)66-48-42-60(78-66)69(5,6)58-40-46-64(76-58)71(51-29-17-9-18-30-51,52-31-19-10-20-32-52)62-44-38-56(67)74-62;1-6-2-4-7(5-3-6)8(9)10;2*8-7(9)6-4-2-1-3-5-6/h7-48,73-78H,1-6H3;2-5H,1H3;2*1-5H. The molecule has 15 nitrogen and oxygen atoms in total. The van der Waals surface area contributed by atoms with Crippen LogP contribution in [0.4, 0.5) is 17.1 Å². The molecule has 106 heavy (non-hydrogen) atoms. The molecule has 0 saturated carbocycles. The van der Waals surface area contributed by atoms with E-state index in [2.05, 4.69) is 326 Å². The number of benzene rings is 9. The molecule has 7 heterocycles. The molecule has 528 valence electrons. The Bertz CT molecular complexity index is 4700. The number of nitrogens with zero attached hydrogens (tertiary/aromatic N) is 3. The van der Waals surface area contributed by atoms with Crippen LogP contribution in [0.5, 0.6) is 0 Å². The fraction of sp³-hybridized carbons (Fsp3) is 0.143. The summed E-state index contributed by atoms with van der Waals surface area (Å²) < 4.78 is 0. The topological polar surface area (TPSA) is 224 Å². The molecule has 0 aliphatic carbocycles. The minimum Gasteiger partial charge on any atom is -0.360 e. The Labute approximate surface area is 616 Å². The maximum Gasteiger partial charge on any atom is 0.269 e. The maximum atomic E-state index is 10.1. The molecule has 1 aliphatic rings. The number of hydrogen-bond acceptors (Lipinski definition) is 6. The number of non-ortho nitro benzene ring substituents is 3. The highest BCUT2D eigenvalue weighted by molar-refractivity contribution is 5.62. The summed E-state index contributed by atoms with van der Waals surface area (Å²) in [7, 11) is 0. The Hall–Kier alpha value is -13.1. The molecule has 0 fully saturated rings. The molecule has 6 aromatic heterocycles. The SMILES string of the molecule is CC1(C)c2ccc([nH]2)C(c2ccccc2)(c2ccccc2)c2ccc([nH]2)C(C)(C)c2ccc([nH]2)C(c2ccccc2)(c2ccccc2)c2ccc([nH]2)C(C)(C)c2ccc([nH]2)C(c2ccccc2)(c2ccccc2)c2ccc1[nH]2.Cc1ccc([N+](=O)[O-])cc1.O=[N+]([O-])c1ccccc1.O=[N+]([O-])c1ccccc1. The van der Waals surface area contributed by atoms with E-state index in [-0.39, 0.29) is 17.1 Å². The van der Waals surface area contributed by atoms with Crippen molar-refractivity contribution in [1.29, 1.82) is 0 Å². The zero-order valence-electron chi connectivity index (χ0n) is 60.1. The van der Waals surface area contributed by atoms with Gasteiger partial charge in [0.05, 0.1) is 14.8 Å². The average molecular weight is 1400 g/mol. The smallest absolute Gasteiger partial charge is 0.269 e. The minimum absolute atomic E-state index is 0.137. The third kappa shape index (κ3) is 13.3. The van der Waals surface area contributed by atoms with Gasteiger partial charge in [-0.15, -0.1) is 0 Å². The molecule has 15 heteroatoms. The van der Waals surface area contributed by atoms with Crippen LogP contribution in [0, 0.1) is 37.3 Å². The molecular formula is C91H83N9O6. The summed E-state index contributed by atoms with van der Waals surface area (Å²) in [5.74, 6) is 0. The largest absolute Gasteiger partial charge is 0.360 e. The molecule has 0 saturated heterocycles. The zero-order chi connectivity index (χ0) is 74.3. The molecule has 0 unspecified atom stereocenters. The molecule has 0 spiro atoms. The van der Waals surface area contributed by atoms with E-state index in [1.54, 1.807) is 48.5 Å². The van der Waals surface area contributed by atoms with Gasteiger partial charge in [0, 0.05) is 121 Å². The highest BCUT2D eigenvalue weighted by atomic mass is 16.6. The summed E-state index contributed by atoms with van der Waals surface area (Å²) in [6.07, 6.45) is 0. The third-order valence-electron chi connectivity index (χ3n) is 21.0. The lowest BCUT2D eigenvalue weighted by atomic mass is 9.69. The van der Waals surface area contributed by atoms with E-state index in [4.69, 9.17) is 0 Å². The zero-order valence-corrected chi connectivity index (χ0v) is 60.1. The fourth-order valence-corrected chi connectivity index (χ4v) is 15.0. The van der Waals surface area contributed by atoms with E-state index in [0.717, 1.165) is 107 Å². The van der Waals surface area contributed by atoms with Gasteiger partial charge >= 0.3 is 0 Å². The maximum absolute atomic E-state index is 10.1. The van der Waals surface area contributed by atoms with E-state index in [1.165, 1.54) is 36.4 Å². The van der Waals surface area contributed by atoms with Crippen LogP contribution >= 0.6 is 0 Å². The lowest BCUT2D eigenvalue weighted by Crippen LogP contribution is -2.34. The van der Waals surface area contributed by atoms with Crippen LogP contribution in [0.3, 0.4) is 0 Å². The van der Waals surface area contributed by atoms with Crippen LogP contribution < -0.4 is 0 Å². The van der Waals surface area contributed by atoms with Crippen molar-refractivity contribution in [3.05, 3.63) is 477 Å². The number of fused-ring (bicyclic) bond motifs is 12. The highest BCUT2D eigenvalue weighted by Crippen LogP contribution is 2.51. The van der Waals surface area contributed by atoms with E-state index >= 15 is 0 Å². The Balaban J connectivity index is 0.000000295. The number of aromatic nitrogens is 6. The van der Waals surface area contributed by atoms with Crippen LogP contribution in [-0.4, -0.2) is 44.7 Å². The van der Waals surface area contributed by atoms with E-state index < -0.39 is 47.3 Å². The Morgan fingerprint density at radius 2 is 0.358 bits per heavy atom. The van der Waals surface area contributed by atoms with Crippen molar-refractivity contribution in [2.75, 3.05) is 0 Å². The van der Waals surface area contributed by atoms with Crippen LogP contribution in [-0.2, 0) is 32.5 Å². The predicted octanol–water partition coefficient (Wildman–Crippen LogP) is 21.2. The Kier molecular flexibility index (Phi) is 20.0. The lowest BCUT2D eigenvalue weighted by Gasteiger charge is -2.36. The summed E-state index contributed by atoms with van der Waals surface area (Å²) >= 11 is 0. The number of rotatable bonds is 9. The summed E-state index contributed by atoms with van der Waals surface area (Å²) in [5.41, 5.74) is 17.7. The van der Waals surface area contributed by atoms with Crippen molar-refractivity contribution >= 4 is 17.1 Å². The molecule has 6 N–H and O–H groups in total. The second-order valence-electron chi connectivity index (χ2n) is 28.3. The van der Waals surface area contributed by atoms with Gasteiger partial charge in [-0.3, -0.25) is 30.3 Å². The predicted molar refractivity (Wildman–Crippen MR) is 421 cm³/mol. The number of hydrogen-bond donors (Lipinski definition) is 6. The van der Waals surface area contributed by atoms with E-state index in [1.807, 2.05) is 6.92 Å². The molecule has 9 aromatic carbocycles. The van der Waals surface area contributed by atoms with Gasteiger partial charge in [-0.25, -0.2) is 0 Å². The van der Waals surface area contributed by atoms with Crippen LogP contribution in [0.15, 0.2) is 340 Å². The number of aromatic amines is 6. The van der Waals surface area contributed by atoms with Gasteiger partial charge in [-0.05, 0) is 155 Å². The molecular weight excluding hydrogens is 1320 g/mol. The van der Waals surface area contributed by atoms with E-state index in [0.29, 0.717) is 0 Å². The normalized spacial score (nSPS) is 14.7. The molecule has 12 bridgehead atoms. The van der Waals surface area contributed by atoms with Gasteiger partial charge < -0.3 is 29.9 Å². The molecule has 0 radical (unpaired) electrons. The minimum atomic E-state index is -0.753. The molecule has 0 atom stereocenters. The first-order valence-corrected chi connectivity index (χ1v) is 35.3. The van der Waals surface area contributed by atoms with Gasteiger partial charge in [0.15, 0.2) is 0 Å². The van der Waals surface area contributed by atoms with Crippen molar-refractivity contribution in [2.24, 2.45) is 0 Å². The van der Waals surface area contributed by atoms with Gasteiger partial charge in [-0.1, -0.05) is 236 Å². The number of H-pyrrole nitrogens is 6. The van der Waals surface area contributed by atoms with Crippen molar-refractivity contribution in [2.45, 2.75) is 81.0 Å². The molecule has 15 aromatic rings. The number of nitro groups is 3. The molecule has 1 aliphatic heterocycles. The van der Waals surface area contributed by atoms with Crippen molar-refractivity contribution in [3.63, 3.8) is 0 Å². The van der Waals surface area contributed by atoms with Gasteiger partial charge in [0.1, 0.15) is 16.2 Å².